The average Bonchev–Trinajstić information content (AvgIpc) is 3.17. The molecule has 0 fully saturated rings. The minimum Gasteiger partial charge on any atom is -0.491 e. The first-order valence-electron chi connectivity index (χ1n) is 12.2. The van der Waals surface area contributed by atoms with Gasteiger partial charge in [-0.1, -0.05) is 72.2 Å². The normalized spacial score (nSPS) is 13.5. The fourth-order valence-corrected chi connectivity index (χ4v) is 4.74. The lowest BCUT2D eigenvalue weighted by atomic mass is 9.70. The summed E-state index contributed by atoms with van der Waals surface area (Å²) in [6.07, 6.45) is 6.03. The fraction of sp³-hybridized carbons (Fsp3) is 0.517. The largest absolute Gasteiger partial charge is 0.491 e. The van der Waals surface area contributed by atoms with Crippen molar-refractivity contribution in [1.82, 2.24) is 4.98 Å². The van der Waals surface area contributed by atoms with Crippen LogP contribution in [0.25, 0.3) is 10.9 Å². The van der Waals surface area contributed by atoms with Crippen molar-refractivity contribution in [3.63, 3.8) is 0 Å². The predicted octanol–water partition coefficient (Wildman–Crippen LogP) is 7.32. The highest BCUT2D eigenvalue weighted by Crippen LogP contribution is 2.43. The van der Waals surface area contributed by atoms with Gasteiger partial charge in [-0.3, -0.25) is 0 Å². The number of rotatable bonds is 9. The van der Waals surface area contributed by atoms with E-state index in [9.17, 15) is 5.11 Å². The van der Waals surface area contributed by atoms with Crippen LogP contribution >= 0.6 is 0 Å². The van der Waals surface area contributed by atoms with Gasteiger partial charge in [0.05, 0.1) is 6.10 Å². The number of H-pyrrole nitrogens is 1. The van der Waals surface area contributed by atoms with Gasteiger partial charge in [-0.05, 0) is 66.0 Å². The van der Waals surface area contributed by atoms with Crippen molar-refractivity contribution in [3.8, 4) is 5.75 Å². The van der Waals surface area contributed by atoms with E-state index in [1.807, 2.05) is 20.8 Å². The van der Waals surface area contributed by atoms with E-state index in [0.717, 1.165) is 37.0 Å². The van der Waals surface area contributed by atoms with Crippen molar-refractivity contribution in [2.24, 2.45) is 5.41 Å². The Kier molecular flexibility index (Phi) is 7.39. The number of aliphatic hydroxyl groups excluding tert-OH is 1. The van der Waals surface area contributed by atoms with Crippen molar-refractivity contribution >= 4 is 10.9 Å². The molecule has 0 radical (unpaired) electrons. The third kappa shape index (κ3) is 4.73. The molecule has 174 valence electrons. The van der Waals surface area contributed by atoms with Gasteiger partial charge in [0.2, 0.25) is 0 Å². The van der Waals surface area contributed by atoms with Crippen LogP contribution in [-0.4, -0.2) is 22.8 Å². The lowest BCUT2D eigenvalue weighted by molar-refractivity contribution is 0.0216. The molecule has 1 aromatic heterocycles. The molecule has 3 heteroatoms. The molecule has 3 nitrogen and oxygen atoms in total. The summed E-state index contributed by atoms with van der Waals surface area (Å²) in [7, 11) is 0. The molecule has 0 aliphatic rings. The number of hydrogen-bond donors (Lipinski definition) is 2. The SMILES string of the molecule is CCCc1ccc2c(C(CC)(CC)c3ccc(OCC(O)C(C)(C)C)c(C)c3)c[nH]c2c1. The van der Waals surface area contributed by atoms with Crippen LogP contribution in [0.4, 0.5) is 0 Å². The second kappa shape index (κ2) is 9.70. The highest BCUT2D eigenvalue weighted by atomic mass is 16.5. The molecule has 0 amide bonds. The highest BCUT2D eigenvalue weighted by molar-refractivity contribution is 5.85. The van der Waals surface area contributed by atoms with E-state index in [1.165, 1.54) is 27.6 Å². The maximum absolute atomic E-state index is 10.3. The van der Waals surface area contributed by atoms with E-state index in [-0.39, 0.29) is 10.8 Å². The zero-order valence-corrected chi connectivity index (χ0v) is 21.0. The van der Waals surface area contributed by atoms with Crippen molar-refractivity contribution in [1.29, 1.82) is 0 Å². The summed E-state index contributed by atoms with van der Waals surface area (Å²) >= 11 is 0. The van der Waals surface area contributed by atoms with Crippen LogP contribution in [0.5, 0.6) is 5.75 Å². The zero-order chi connectivity index (χ0) is 23.5. The molecule has 1 unspecified atom stereocenters. The molecular weight excluding hydrogens is 394 g/mol. The van der Waals surface area contributed by atoms with Gasteiger partial charge < -0.3 is 14.8 Å². The van der Waals surface area contributed by atoms with E-state index < -0.39 is 6.10 Å². The molecule has 0 aliphatic carbocycles. The van der Waals surface area contributed by atoms with Crippen LogP contribution in [0.2, 0.25) is 0 Å². The van der Waals surface area contributed by atoms with E-state index in [2.05, 4.69) is 75.3 Å². The number of aromatic nitrogens is 1. The van der Waals surface area contributed by atoms with E-state index in [4.69, 9.17) is 4.74 Å². The molecule has 0 aliphatic heterocycles. The van der Waals surface area contributed by atoms with Gasteiger partial charge in [-0.15, -0.1) is 0 Å². The van der Waals surface area contributed by atoms with Crippen LogP contribution in [0.3, 0.4) is 0 Å². The third-order valence-electron chi connectivity index (χ3n) is 7.13. The Balaban J connectivity index is 1.96. The second-order valence-corrected chi connectivity index (χ2v) is 10.3. The van der Waals surface area contributed by atoms with Crippen molar-refractivity contribution in [2.45, 2.75) is 85.7 Å². The molecule has 0 spiro atoms. The van der Waals surface area contributed by atoms with Gasteiger partial charge in [-0.2, -0.15) is 0 Å². The quantitative estimate of drug-likeness (QED) is 0.370. The van der Waals surface area contributed by atoms with Crippen molar-refractivity contribution < 1.29 is 9.84 Å². The first-order valence-corrected chi connectivity index (χ1v) is 12.2. The number of hydrogen-bond acceptors (Lipinski definition) is 2. The Hall–Kier alpha value is -2.26. The first-order chi connectivity index (χ1) is 15.2. The summed E-state index contributed by atoms with van der Waals surface area (Å²) in [5, 5.41) is 11.7. The molecule has 3 rings (SSSR count). The number of ether oxygens (including phenoxy) is 1. The van der Waals surface area contributed by atoms with E-state index in [0.29, 0.717) is 6.61 Å². The van der Waals surface area contributed by atoms with Gasteiger partial charge >= 0.3 is 0 Å². The maximum Gasteiger partial charge on any atom is 0.122 e. The Morgan fingerprint density at radius 3 is 2.31 bits per heavy atom. The second-order valence-electron chi connectivity index (χ2n) is 10.3. The molecule has 1 atom stereocenters. The van der Waals surface area contributed by atoms with Crippen molar-refractivity contribution in [2.75, 3.05) is 6.61 Å². The Morgan fingerprint density at radius 2 is 1.72 bits per heavy atom. The topological polar surface area (TPSA) is 45.2 Å². The lowest BCUT2D eigenvalue weighted by Crippen LogP contribution is -2.32. The van der Waals surface area contributed by atoms with Crippen LogP contribution < -0.4 is 4.74 Å². The minimum atomic E-state index is -0.504. The minimum absolute atomic E-state index is 0.0568. The van der Waals surface area contributed by atoms with Crippen LogP contribution in [0.15, 0.2) is 42.6 Å². The zero-order valence-electron chi connectivity index (χ0n) is 21.0. The number of nitrogens with one attached hydrogen (secondary N) is 1. The molecule has 32 heavy (non-hydrogen) atoms. The average molecular weight is 436 g/mol. The summed E-state index contributed by atoms with van der Waals surface area (Å²) in [4.78, 5) is 3.55. The van der Waals surface area contributed by atoms with Gasteiger partial charge in [-0.25, -0.2) is 0 Å². The summed E-state index contributed by atoms with van der Waals surface area (Å²) in [5.74, 6) is 0.848. The highest BCUT2D eigenvalue weighted by Gasteiger charge is 2.33. The first kappa shape index (κ1) is 24.4. The molecule has 3 aromatic rings. The number of benzene rings is 2. The van der Waals surface area contributed by atoms with Crippen molar-refractivity contribution in [3.05, 3.63) is 64.8 Å². The molecular formula is C29H41NO2. The van der Waals surface area contributed by atoms with Crippen LogP contribution in [0, 0.1) is 12.3 Å². The Bertz CT molecular complexity index is 1040. The summed E-state index contributed by atoms with van der Waals surface area (Å²) in [6.45, 7) is 15.3. The van der Waals surface area contributed by atoms with Gasteiger partial charge in [0, 0.05) is 22.5 Å². The number of aryl methyl sites for hydroxylation is 2. The molecule has 0 saturated carbocycles. The molecule has 2 N–H and O–H groups in total. The van der Waals surface area contributed by atoms with Gasteiger partial charge in [0.15, 0.2) is 0 Å². The Morgan fingerprint density at radius 1 is 1.00 bits per heavy atom. The van der Waals surface area contributed by atoms with Gasteiger partial charge in [0.1, 0.15) is 12.4 Å². The lowest BCUT2D eigenvalue weighted by Gasteiger charge is -2.33. The number of aromatic amines is 1. The summed E-state index contributed by atoms with van der Waals surface area (Å²) < 4.78 is 6.00. The maximum atomic E-state index is 10.3. The standard InChI is InChI=1S/C29H41NO2/c1-8-11-21-12-14-23-24(18-30-25(23)17-21)29(9-2,10-3)22-13-15-26(20(4)16-22)32-19-27(31)28(5,6)7/h12-18,27,30-31H,8-11,19H2,1-7H3. The smallest absolute Gasteiger partial charge is 0.122 e. The number of fused-ring (bicyclic) bond motifs is 1. The third-order valence-corrected chi connectivity index (χ3v) is 7.13. The van der Waals surface area contributed by atoms with Crippen LogP contribution in [-0.2, 0) is 11.8 Å². The van der Waals surface area contributed by atoms with E-state index in [1.54, 1.807) is 0 Å². The van der Waals surface area contributed by atoms with Gasteiger partial charge in [0.25, 0.3) is 0 Å². The summed E-state index contributed by atoms with van der Waals surface area (Å²) in [5.41, 5.74) is 6.17. The molecule has 1 heterocycles. The predicted molar refractivity (Wildman–Crippen MR) is 136 cm³/mol. The molecule has 2 aromatic carbocycles. The molecule has 0 saturated heterocycles. The Labute approximate surface area is 194 Å². The molecule has 0 bridgehead atoms. The monoisotopic (exact) mass is 435 g/mol. The summed E-state index contributed by atoms with van der Waals surface area (Å²) in [6, 6.07) is 13.4. The van der Waals surface area contributed by atoms with E-state index >= 15 is 0 Å². The van der Waals surface area contributed by atoms with Crippen LogP contribution in [0.1, 0.15) is 83.1 Å². The fourth-order valence-electron chi connectivity index (χ4n) is 4.74. The number of aliphatic hydroxyl groups is 1.